The fourth-order valence-electron chi connectivity index (χ4n) is 2.63. The molecule has 1 N–H and O–H groups in total. The molecule has 26 heavy (non-hydrogen) atoms. The van der Waals surface area contributed by atoms with E-state index in [1.165, 1.54) is 4.40 Å². The van der Waals surface area contributed by atoms with Crippen molar-refractivity contribution < 1.29 is 8.94 Å². The monoisotopic (exact) mass is 349 g/mol. The summed E-state index contributed by atoms with van der Waals surface area (Å²) in [5.41, 5.74) is 1.49. The van der Waals surface area contributed by atoms with Gasteiger partial charge in [-0.2, -0.15) is 15.2 Å². The number of furan rings is 1. The summed E-state index contributed by atoms with van der Waals surface area (Å²) in [5.74, 6) is 1.41. The second kappa shape index (κ2) is 5.55. The van der Waals surface area contributed by atoms with E-state index < -0.39 is 0 Å². The largest absolute Gasteiger partial charge is 0.467 e. The second-order valence-electron chi connectivity index (χ2n) is 5.60. The highest BCUT2D eigenvalue weighted by Crippen LogP contribution is 2.24. The van der Waals surface area contributed by atoms with Crippen LogP contribution in [0.5, 0.6) is 0 Å². The molecule has 0 atom stereocenters. The minimum absolute atomic E-state index is 0.329. The van der Waals surface area contributed by atoms with Crippen molar-refractivity contribution in [3.63, 3.8) is 0 Å². The Morgan fingerprint density at radius 1 is 1.23 bits per heavy atom. The number of fused-ring (bicyclic) bond motifs is 1. The molecule has 5 aromatic rings. The maximum Gasteiger partial charge on any atom is 0.347 e. The molecule has 10 heteroatoms. The first-order valence-electron chi connectivity index (χ1n) is 7.72. The Labute approximate surface area is 144 Å². The summed E-state index contributed by atoms with van der Waals surface area (Å²) < 4.78 is 14.0. The molecule has 0 aliphatic rings. The van der Waals surface area contributed by atoms with E-state index >= 15 is 0 Å². The molecule has 5 rings (SSSR count). The molecule has 0 fully saturated rings. The van der Waals surface area contributed by atoms with Crippen LogP contribution in [0, 0.1) is 0 Å². The SMILES string of the molecule is O=c1[nH]nc2ccc(-c3noc(-c4coc(Cn5cccn5)c4)n3)cn12. The molecule has 5 heterocycles. The molecule has 0 saturated heterocycles. The van der Waals surface area contributed by atoms with Crippen LogP contribution in [0.15, 0.2) is 62.9 Å². The summed E-state index contributed by atoms with van der Waals surface area (Å²) in [4.78, 5) is 16.1. The van der Waals surface area contributed by atoms with Crippen LogP contribution in [0.25, 0.3) is 28.5 Å². The van der Waals surface area contributed by atoms with Crippen molar-refractivity contribution in [1.29, 1.82) is 0 Å². The van der Waals surface area contributed by atoms with Crippen molar-refractivity contribution in [2.45, 2.75) is 6.54 Å². The molecule has 5 aromatic heterocycles. The highest BCUT2D eigenvalue weighted by molar-refractivity contribution is 5.60. The summed E-state index contributed by atoms with van der Waals surface area (Å²) >= 11 is 0. The number of hydrogen-bond donors (Lipinski definition) is 1. The Kier molecular flexibility index (Phi) is 3.07. The summed E-state index contributed by atoms with van der Waals surface area (Å²) in [6.45, 7) is 0.508. The number of aromatic nitrogens is 7. The lowest BCUT2D eigenvalue weighted by molar-refractivity contribution is 0.431. The third-order valence-corrected chi connectivity index (χ3v) is 3.87. The zero-order chi connectivity index (χ0) is 17.5. The van der Waals surface area contributed by atoms with E-state index in [2.05, 4.69) is 25.4 Å². The number of aromatic amines is 1. The number of nitrogens with zero attached hydrogens (tertiary/aromatic N) is 6. The van der Waals surface area contributed by atoms with Gasteiger partial charge in [0.2, 0.25) is 5.82 Å². The zero-order valence-corrected chi connectivity index (χ0v) is 13.2. The maximum atomic E-state index is 11.7. The van der Waals surface area contributed by atoms with Crippen LogP contribution in [0.4, 0.5) is 0 Å². The minimum Gasteiger partial charge on any atom is -0.467 e. The Bertz CT molecular complexity index is 1240. The van der Waals surface area contributed by atoms with E-state index in [1.54, 1.807) is 35.5 Å². The van der Waals surface area contributed by atoms with Gasteiger partial charge in [0, 0.05) is 24.2 Å². The number of pyridine rings is 1. The maximum absolute atomic E-state index is 11.7. The predicted octanol–water partition coefficient (Wildman–Crippen LogP) is 1.58. The van der Waals surface area contributed by atoms with Crippen molar-refractivity contribution in [2.75, 3.05) is 0 Å². The van der Waals surface area contributed by atoms with Gasteiger partial charge in [0.1, 0.15) is 12.0 Å². The molecule has 10 nitrogen and oxygen atoms in total. The first kappa shape index (κ1) is 14.4. The molecule has 0 unspecified atom stereocenters. The molecule has 0 aliphatic carbocycles. The molecule has 0 bridgehead atoms. The van der Waals surface area contributed by atoms with Gasteiger partial charge in [0.15, 0.2) is 5.65 Å². The molecule has 128 valence electrons. The van der Waals surface area contributed by atoms with Crippen molar-refractivity contribution in [3.05, 3.63) is 65.4 Å². The highest BCUT2D eigenvalue weighted by atomic mass is 16.5. The quantitative estimate of drug-likeness (QED) is 0.523. The van der Waals surface area contributed by atoms with Crippen LogP contribution in [0.3, 0.4) is 0 Å². The molecular weight excluding hydrogens is 338 g/mol. The number of nitrogens with one attached hydrogen (secondary N) is 1. The van der Waals surface area contributed by atoms with Crippen LogP contribution >= 0.6 is 0 Å². The molecular formula is C16H11N7O3. The standard InChI is InChI=1S/C16H11N7O3/c24-16-20-19-13-3-2-10(7-23(13)16)14-18-15(26-21-14)11-6-12(25-9-11)8-22-5-1-4-17-22/h1-7,9H,8H2,(H,20,24). The van der Waals surface area contributed by atoms with Crippen LogP contribution < -0.4 is 5.69 Å². The van der Waals surface area contributed by atoms with Gasteiger partial charge >= 0.3 is 5.69 Å². The van der Waals surface area contributed by atoms with Gasteiger partial charge in [-0.1, -0.05) is 5.16 Å². The molecule has 0 spiro atoms. The van der Waals surface area contributed by atoms with Gasteiger partial charge in [-0.25, -0.2) is 14.3 Å². The Balaban J connectivity index is 1.45. The van der Waals surface area contributed by atoms with Crippen LogP contribution in [-0.2, 0) is 6.54 Å². The highest BCUT2D eigenvalue weighted by Gasteiger charge is 2.14. The lowest BCUT2D eigenvalue weighted by atomic mass is 10.2. The fraction of sp³-hybridized carbons (Fsp3) is 0.0625. The third kappa shape index (κ3) is 2.40. The Morgan fingerprint density at radius 2 is 2.19 bits per heavy atom. The Hall–Kier alpha value is -3.95. The van der Waals surface area contributed by atoms with E-state index in [-0.39, 0.29) is 5.69 Å². The number of H-pyrrole nitrogens is 1. The number of hydrogen-bond acceptors (Lipinski definition) is 7. The van der Waals surface area contributed by atoms with Crippen molar-refractivity contribution in [1.82, 2.24) is 34.5 Å². The lowest BCUT2D eigenvalue weighted by Crippen LogP contribution is -2.08. The fourth-order valence-corrected chi connectivity index (χ4v) is 2.63. The van der Waals surface area contributed by atoms with Gasteiger partial charge in [-0.3, -0.25) is 4.68 Å². The average molecular weight is 349 g/mol. The molecule has 0 aliphatic heterocycles. The van der Waals surface area contributed by atoms with Crippen LogP contribution in [-0.4, -0.2) is 34.5 Å². The lowest BCUT2D eigenvalue weighted by Gasteiger charge is -1.95. The number of rotatable bonds is 4. The Morgan fingerprint density at radius 3 is 3.08 bits per heavy atom. The van der Waals surface area contributed by atoms with Crippen molar-refractivity contribution in [2.24, 2.45) is 0 Å². The molecule has 0 radical (unpaired) electrons. The van der Waals surface area contributed by atoms with Gasteiger partial charge in [0.05, 0.1) is 12.1 Å². The predicted molar refractivity (Wildman–Crippen MR) is 88.1 cm³/mol. The normalized spacial score (nSPS) is 11.4. The van der Waals surface area contributed by atoms with E-state index in [0.29, 0.717) is 35.0 Å². The van der Waals surface area contributed by atoms with Gasteiger partial charge in [0.25, 0.3) is 5.89 Å². The van der Waals surface area contributed by atoms with Crippen LogP contribution in [0.2, 0.25) is 0 Å². The van der Waals surface area contributed by atoms with E-state index in [0.717, 1.165) is 5.76 Å². The molecule has 0 amide bonds. The van der Waals surface area contributed by atoms with Crippen molar-refractivity contribution >= 4 is 5.65 Å². The molecule has 0 saturated carbocycles. The van der Waals surface area contributed by atoms with Gasteiger partial charge in [-0.05, 0) is 24.3 Å². The first-order chi connectivity index (χ1) is 12.8. The summed E-state index contributed by atoms with van der Waals surface area (Å²) in [6, 6.07) is 7.13. The molecule has 0 aromatic carbocycles. The summed E-state index contributed by atoms with van der Waals surface area (Å²) in [7, 11) is 0. The second-order valence-corrected chi connectivity index (χ2v) is 5.60. The summed E-state index contributed by atoms with van der Waals surface area (Å²) in [6.07, 6.45) is 6.71. The smallest absolute Gasteiger partial charge is 0.347 e. The average Bonchev–Trinajstić information content (AvgIpc) is 3.42. The first-order valence-corrected chi connectivity index (χ1v) is 7.72. The summed E-state index contributed by atoms with van der Waals surface area (Å²) in [5, 5.41) is 14.4. The van der Waals surface area contributed by atoms with E-state index in [1.807, 2.05) is 18.3 Å². The van der Waals surface area contributed by atoms with Gasteiger partial charge < -0.3 is 8.94 Å². The zero-order valence-electron chi connectivity index (χ0n) is 13.2. The van der Waals surface area contributed by atoms with E-state index in [4.69, 9.17) is 8.94 Å². The minimum atomic E-state index is -0.330. The van der Waals surface area contributed by atoms with E-state index in [9.17, 15) is 4.79 Å². The topological polar surface area (TPSA) is 120 Å². The van der Waals surface area contributed by atoms with Crippen LogP contribution in [0.1, 0.15) is 5.76 Å². The van der Waals surface area contributed by atoms with Gasteiger partial charge in [-0.15, -0.1) is 0 Å². The van der Waals surface area contributed by atoms with Crippen molar-refractivity contribution in [3.8, 4) is 22.8 Å². The third-order valence-electron chi connectivity index (χ3n) is 3.87.